The van der Waals surface area contributed by atoms with E-state index in [0.29, 0.717) is 23.4 Å². The number of esters is 1. The third kappa shape index (κ3) is 3.46. The second-order valence-corrected chi connectivity index (χ2v) is 6.15. The van der Waals surface area contributed by atoms with E-state index in [2.05, 4.69) is 5.32 Å². The molecule has 6 heteroatoms. The van der Waals surface area contributed by atoms with E-state index in [9.17, 15) is 9.59 Å². The van der Waals surface area contributed by atoms with E-state index >= 15 is 0 Å². The normalized spacial score (nSPS) is 10.3. The van der Waals surface area contributed by atoms with Crippen LogP contribution in [0.25, 0.3) is 0 Å². The molecule has 20 heavy (non-hydrogen) atoms. The van der Waals surface area contributed by atoms with Crippen molar-refractivity contribution in [3.05, 3.63) is 38.2 Å². The number of hydrogen-bond donors (Lipinski definition) is 1. The number of thiophene rings is 2. The molecule has 0 saturated carbocycles. The van der Waals surface area contributed by atoms with Crippen LogP contribution >= 0.6 is 22.7 Å². The third-order valence-electron chi connectivity index (χ3n) is 2.79. The summed E-state index contributed by atoms with van der Waals surface area (Å²) in [6.45, 7) is 1.86. The molecule has 0 saturated heterocycles. The Labute approximate surface area is 125 Å². The fourth-order valence-electron chi connectivity index (χ4n) is 1.74. The van der Waals surface area contributed by atoms with Gasteiger partial charge in [0.05, 0.1) is 12.8 Å². The molecule has 0 fully saturated rings. The molecule has 4 nitrogen and oxygen atoms in total. The quantitative estimate of drug-likeness (QED) is 0.860. The van der Waals surface area contributed by atoms with Crippen LogP contribution in [0.4, 0.5) is 5.69 Å². The highest BCUT2D eigenvalue weighted by molar-refractivity contribution is 7.12. The predicted molar refractivity (Wildman–Crippen MR) is 81.7 cm³/mol. The van der Waals surface area contributed by atoms with E-state index in [1.165, 1.54) is 23.3 Å². The average molecular weight is 309 g/mol. The van der Waals surface area contributed by atoms with Crippen molar-refractivity contribution in [2.45, 2.75) is 19.8 Å². The number of ether oxygens (including phenoxy) is 1. The van der Waals surface area contributed by atoms with Gasteiger partial charge >= 0.3 is 5.97 Å². The van der Waals surface area contributed by atoms with Crippen LogP contribution in [-0.2, 0) is 16.0 Å². The number of hydrogen-bond acceptors (Lipinski definition) is 5. The van der Waals surface area contributed by atoms with Gasteiger partial charge in [0.2, 0.25) is 5.91 Å². The second-order valence-electron chi connectivity index (χ2n) is 4.24. The first-order valence-electron chi connectivity index (χ1n) is 6.10. The van der Waals surface area contributed by atoms with E-state index in [1.54, 1.807) is 11.3 Å². The minimum absolute atomic E-state index is 0.0925. The van der Waals surface area contributed by atoms with Crippen molar-refractivity contribution in [2.75, 3.05) is 12.4 Å². The first-order chi connectivity index (χ1) is 9.61. The zero-order valence-electron chi connectivity index (χ0n) is 11.3. The molecule has 1 amide bonds. The molecule has 0 bridgehead atoms. The Morgan fingerprint density at radius 2 is 2.15 bits per heavy atom. The number of carbonyl (C=O) groups excluding carboxylic acids is 2. The van der Waals surface area contributed by atoms with Crippen molar-refractivity contribution >= 4 is 40.2 Å². The van der Waals surface area contributed by atoms with Crippen LogP contribution in [0, 0.1) is 6.92 Å². The summed E-state index contributed by atoms with van der Waals surface area (Å²) >= 11 is 2.92. The van der Waals surface area contributed by atoms with Gasteiger partial charge in [-0.1, -0.05) is 6.07 Å². The summed E-state index contributed by atoms with van der Waals surface area (Å²) in [6.07, 6.45) is 1.11. The van der Waals surface area contributed by atoms with Crippen LogP contribution in [-0.4, -0.2) is 19.0 Å². The van der Waals surface area contributed by atoms with E-state index in [4.69, 9.17) is 4.74 Å². The van der Waals surface area contributed by atoms with Gasteiger partial charge in [0, 0.05) is 11.3 Å². The van der Waals surface area contributed by atoms with Crippen LogP contribution in [0.2, 0.25) is 0 Å². The smallest absolute Gasteiger partial charge is 0.350 e. The topological polar surface area (TPSA) is 55.4 Å². The van der Waals surface area contributed by atoms with Crippen LogP contribution < -0.4 is 5.32 Å². The zero-order valence-corrected chi connectivity index (χ0v) is 12.9. The van der Waals surface area contributed by atoms with Gasteiger partial charge in [0.15, 0.2) is 0 Å². The molecular weight excluding hydrogens is 294 g/mol. The minimum Gasteiger partial charge on any atom is -0.465 e. The van der Waals surface area contributed by atoms with E-state index in [1.807, 2.05) is 29.8 Å². The van der Waals surface area contributed by atoms with Gasteiger partial charge in [-0.05, 0) is 35.7 Å². The molecule has 0 atom stereocenters. The number of anilines is 1. The standard InChI is InChI=1S/C14H15NO3S2/c1-9-8-20-13(14(17)18-2)12(9)15-11(16)6-5-10-4-3-7-19-10/h3-4,7-8H,5-6H2,1-2H3,(H,15,16). The van der Waals surface area contributed by atoms with Crippen molar-refractivity contribution in [1.29, 1.82) is 0 Å². The maximum atomic E-state index is 12.0. The first-order valence-corrected chi connectivity index (χ1v) is 7.86. The van der Waals surface area contributed by atoms with E-state index in [-0.39, 0.29) is 5.91 Å². The number of amides is 1. The fourth-order valence-corrected chi connectivity index (χ4v) is 3.37. The largest absolute Gasteiger partial charge is 0.465 e. The summed E-state index contributed by atoms with van der Waals surface area (Å²) in [5.41, 5.74) is 1.44. The maximum Gasteiger partial charge on any atom is 0.350 e. The van der Waals surface area contributed by atoms with Crippen molar-refractivity contribution in [3.63, 3.8) is 0 Å². The zero-order chi connectivity index (χ0) is 14.5. The molecule has 0 spiro atoms. The lowest BCUT2D eigenvalue weighted by Gasteiger charge is -2.06. The molecule has 0 radical (unpaired) electrons. The number of nitrogens with one attached hydrogen (secondary N) is 1. The van der Waals surface area contributed by atoms with Gasteiger partial charge in [0.1, 0.15) is 4.88 Å². The molecule has 0 aliphatic carbocycles. The summed E-state index contributed by atoms with van der Waals surface area (Å²) in [5, 5.41) is 6.64. The SMILES string of the molecule is COC(=O)c1scc(C)c1NC(=O)CCc1cccs1. The number of carbonyl (C=O) groups is 2. The fraction of sp³-hybridized carbons (Fsp3) is 0.286. The Morgan fingerprint density at radius 1 is 1.35 bits per heavy atom. The van der Waals surface area contributed by atoms with Gasteiger partial charge < -0.3 is 10.1 Å². The maximum absolute atomic E-state index is 12.0. The molecule has 2 rings (SSSR count). The minimum atomic E-state index is -0.420. The molecule has 2 aromatic heterocycles. The van der Waals surface area contributed by atoms with Crippen molar-refractivity contribution in [2.24, 2.45) is 0 Å². The Balaban J connectivity index is 2.00. The molecular formula is C14H15NO3S2. The van der Waals surface area contributed by atoms with Gasteiger partial charge in [-0.25, -0.2) is 4.79 Å². The molecule has 1 N–H and O–H groups in total. The molecule has 0 aliphatic rings. The van der Waals surface area contributed by atoms with E-state index in [0.717, 1.165) is 5.56 Å². The molecule has 0 aliphatic heterocycles. The van der Waals surface area contributed by atoms with Crippen LogP contribution in [0.5, 0.6) is 0 Å². The Morgan fingerprint density at radius 3 is 2.80 bits per heavy atom. The highest BCUT2D eigenvalue weighted by Gasteiger charge is 2.18. The van der Waals surface area contributed by atoms with Crippen LogP contribution in [0.15, 0.2) is 22.9 Å². The first kappa shape index (κ1) is 14.7. The van der Waals surface area contributed by atoms with Crippen molar-refractivity contribution in [1.82, 2.24) is 0 Å². The van der Waals surface area contributed by atoms with Crippen LogP contribution in [0.1, 0.15) is 26.5 Å². The van der Waals surface area contributed by atoms with Gasteiger partial charge in [-0.15, -0.1) is 22.7 Å². The van der Waals surface area contributed by atoms with Crippen molar-refractivity contribution < 1.29 is 14.3 Å². The number of aryl methyl sites for hydroxylation is 2. The Kier molecular flexibility index (Phi) is 4.92. The lowest BCUT2D eigenvalue weighted by molar-refractivity contribution is -0.116. The highest BCUT2D eigenvalue weighted by Crippen LogP contribution is 2.28. The summed E-state index contributed by atoms with van der Waals surface area (Å²) in [4.78, 5) is 25.2. The summed E-state index contributed by atoms with van der Waals surface area (Å²) < 4.78 is 4.71. The molecule has 106 valence electrons. The Hall–Kier alpha value is -1.66. The summed E-state index contributed by atoms with van der Waals surface area (Å²) in [6, 6.07) is 3.98. The molecule has 0 unspecified atom stereocenters. The van der Waals surface area contributed by atoms with Gasteiger partial charge in [-0.3, -0.25) is 4.79 Å². The molecule has 2 heterocycles. The number of rotatable bonds is 5. The number of methoxy groups -OCH3 is 1. The van der Waals surface area contributed by atoms with Gasteiger partial charge in [0.25, 0.3) is 0 Å². The predicted octanol–water partition coefficient (Wildman–Crippen LogP) is 3.48. The lowest BCUT2D eigenvalue weighted by Crippen LogP contribution is -2.14. The monoisotopic (exact) mass is 309 g/mol. The molecule has 2 aromatic rings. The summed E-state index contributed by atoms with van der Waals surface area (Å²) in [5.74, 6) is -0.512. The second kappa shape index (κ2) is 6.67. The average Bonchev–Trinajstić information content (AvgIpc) is 3.07. The van der Waals surface area contributed by atoms with Gasteiger partial charge in [-0.2, -0.15) is 0 Å². The van der Waals surface area contributed by atoms with Crippen LogP contribution in [0.3, 0.4) is 0 Å². The van der Waals surface area contributed by atoms with Crippen molar-refractivity contribution in [3.8, 4) is 0 Å². The summed E-state index contributed by atoms with van der Waals surface area (Å²) in [7, 11) is 1.33. The van der Waals surface area contributed by atoms with E-state index < -0.39 is 5.97 Å². The molecule has 0 aromatic carbocycles. The Bertz CT molecular complexity index is 602. The lowest BCUT2D eigenvalue weighted by atomic mass is 10.2. The highest BCUT2D eigenvalue weighted by atomic mass is 32.1. The third-order valence-corrected chi connectivity index (χ3v) is 4.80.